The molecule has 2 aromatic rings. The number of hydrogen-bond acceptors (Lipinski definition) is 3. The van der Waals surface area contributed by atoms with Crippen LogP contribution in [0.3, 0.4) is 0 Å². The summed E-state index contributed by atoms with van der Waals surface area (Å²) in [6.07, 6.45) is 1.92. The van der Waals surface area contributed by atoms with Crippen molar-refractivity contribution in [2.75, 3.05) is 25.0 Å². The molecule has 0 saturated carbocycles. The van der Waals surface area contributed by atoms with Gasteiger partial charge in [-0.3, -0.25) is 0 Å². The van der Waals surface area contributed by atoms with Crippen molar-refractivity contribution in [1.29, 1.82) is 0 Å². The van der Waals surface area contributed by atoms with Gasteiger partial charge in [-0.2, -0.15) is 0 Å². The van der Waals surface area contributed by atoms with Gasteiger partial charge in [0, 0.05) is 25.4 Å². The van der Waals surface area contributed by atoms with Gasteiger partial charge in [0.15, 0.2) is 0 Å². The number of carbonyl (C=O) groups excluding carboxylic acids is 1. The number of rotatable bonds is 5. The van der Waals surface area contributed by atoms with E-state index in [1.165, 1.54) is 0 Å². The number of aliphatic hydroxyl groups excluding tert-OH is 1. The van der Waals surface area contributed by atoms with Crippen molar-refractivity contribution < 1.29 is 14.6 Å². The average Bonchev–Trinajstić information content (AvgIpc) is 2.68. The van der Waals surface area contributed by atoms with Gasteiger partial charge < -0.3 is 20.1 Å². The van der Waals surface area contributed by atoms with E-state index in [1.807, 2.05) is 54.6 Å². The molecule has 1 atom stereocenters. The van der Waals surface area contributed by atoms with Gasteiger partial charge in [0.05, 0.1) is 0 Å². The molecule has 25 heavy (non-hydrogen) atoms. The fourth-order valence-corrected chi connectivity index (χ4v) is 2.97. The van der Waals surface area contributed by atoms with Crippen molar-refractivity contribution in [3.05, 3.63) is 60.2 Å². The smallest absolute Gasteiger partial charge is 0.321 e. The number of ether oxygens (including phenoxy) is 1. The summed E-state index contributed by atoms with van der Waals surface area (Å²) in [5.41, 5.74) is 1.81. The Morgan fingerprint density at radius 3 is 2.64 bits per heavy atom. The van der Waals surface area contributed by atoms with Gasteiger partial charge in [0.2, 0.25) is 0 Å². The minimum absolute atomic E-state index is 0.105. The molecule has 0 aromatic heterocycles. The van der Waals surface area contributed by atoms with Crippen LogP contribution in [-0.2, 0) is 6.61 Å². The predicted octanol–water partition coefficient (Wildman–Crippen LogP) is 3.50. The molecule has 1 aliphatic rings. The number of nitrogens with one attached hydrogen (secondary N) is 1. The lowest BCUT2D eigenvalue weighted by atomic mass is 9.99. The number of amides is 2. The Morgan fingerprint density at radius 1 is 1.16 bits per heavy atom. The van der Waals surface area contributed by atoms with Crippen molar-refractivity contribution in [1.82, 2.24) is 4.90 Å². The first-order valence-electron chi connectivity index (χ1n) is 8.68. The summed E-state index contributed by atoms with van der Waals surface area (Å²) in [7, 11) is 0. The summed E-state index contributed by atoms with van der Waals surface area (Å²) in [5, 5.41) is 12.2. The summed E-state index contributed by atoms with van der Waals surface area (Å²) in [6.45, 7) is 1.99. The van der Waals surface area contributed by atoms with Crippen molar-refractivity contribution in [3.63, 3.8) is 0 Å². The first kappa shape index (κ1) is 17.3. The number of benzene rings is 2. The highest BCUT2D eigenvalue weighted by atomic mass is 16.5. The Kier molecular flexibility index (Phi) is 5.90. The zero-order chi connectivity index (χ0) is 17.5. The number of nitrogens with zero attached hydrogens (tertiary/aromatic N) is 1. The molecule has 2 amide bonds. The number of urea groups is 1. The second kappa shape index (κ2) is 8.53. The second-order valence-corrected chi connectivity index (χ2v) is 6.37. The second-order valence-electron chi connectivity index (χ2n) is 6.37. The Morgan fingerprint density at radius 2 is 1.92 bits per heavy atom. The molecule has 0 radical (unpaired) electrons. The van der Waals surface area contributed by atoms with E-state index in [1.54, 1.807) is 4.90 Å². The van der Waals surface area contributed by atoms with Crippen molar-refractivity contribution in [3.8, 4) is 5.75 Å². The van der Waals surface area contributed by atoms with Gasteiger partial charge in [-0.15, -0.1) is 0 Å². The monoisotopic (exact) mass is 340 g/mol. The fraction of sp³-hybridized carbons (Fsp3) is 0.350. The summed E-state index contributed by atoms with van der Waals surface area (Å²) in [4.78, 5) is 14.1. The van der Waals surface area contributed by atoms with E-state index in [4.69, 9.17) is 4.74 Å². The average molecular weight is 340 g/mol. The lowest BCUT2D eigenvalue weighted by Gasteiger charge is -2.31. The Balaban J connectivity index is 1.51. The van der Waals surface area contributed by atoms with E-state index in [9.17, 15) is 9.90 Å². The maximum absolute atomic E-state index is 12.3. The molecule has 0 spiro atoms. The molecule has 1 aliphatic heterocycles. The molecule has 2 N–H and O–H groups in total. The van der Waals surface area contributed by atoms with Gasteiger partial charge in [0.25, 0.3) is 0 Å². The highest BCUT2D eigenvalue weighted by molar-refractivity contribution is 5.89. The minimum Gasteiger partial charge on any atom is -0.489 e. The number of hydrogen-bond donors (Lipinski definition) is 2. The maximum atomic E-state index is 12.3. The van der Waals surface area contributed by atoms with Gasteiger partial charge >= 0.3 is 6.03 Å². The third-order valence-corrected chi connectivity index (χ3v) is 4.42. The largest absolute Gasteiger partial charge is 0.489 e. The number of carbonyl (C=O) groups is 1. The van der Waals surface area contributed by atoms with Crippen molar-refractivity contribution in [2.45, 2.75) is 19.4 Å². The maximum Gasteiger partial charge on any atom is 0.321 e. The third kappa shape index (κ3) is 4.97. The molecule has 1 fully saturated rings. The van der Waals surface area contributed by atoms with Crippen LogP contribution >= 0.6 is 0 Å². The zero-order valence-corrected chi connectivity index (χ0v) is 14.2. The molecule has 1 saturated heterocycles. The molecule has 1 unspecified atom stereocenters. The quantitative estimate of drug-likeness (QED) is 0.876. The summed E-state index contributed by atoms with van der Waals surface area (Å²) < 4.78 is 5.71. The van der Waals surface area contributed by atoms with E-state index in [0.717, 1.165) is 36.4 Å². The van der Waals surface area contributed by atoms with Crippen molar-refractivity contribution >= 4 is 11.7 Å². The molecule has 5 heteroatoms. The standard InChI is InChI=1S/C20H24N2O3/c23-14-17-5-4-12-22(13-17)20(24)21-18-10-8-16(9-11-18)15-25-19-6-2-1-3-7-19/h1-3,6-11,17,23H,4-5,12-15H2,(H,21,24). The Bertz CT molecular complexity index is 673. The van der Waals surface area contributed by atoms with Gasteiger partial charge in [0.1, 0.15) is 12.4 Å². The summed E-state index contributed by atoms with van der Waals surface area (Å²) in [6, 6.07) is 17.2. The van der Waals surface area contributed by atoms with Crippen LogP contribution < -0.4 is 10.1 Å². The molecule has 0 bridgehead atoms. The van der Waals surface area contributed by atoms with Crippen LogP contribution in [-0.4, -0.2) is 35.7 Å². The fourth-order valence-electron chi connectivity index (χ4n) is 2.97. The number of piperidine rings is 1. The highest BCUT2D eigenvalue weighted by Crippen LogP contribution is 2.18. The Hall–Kier alpha value is -2.53. The van der Waals surface area contributed by atoms with Crippen LogP contribution in [0.4, 0.5) is 10.5 Å². The predicted molar refractivity (Wildman–Crippen MR) is 97.6 cm³/mol. The summed E-state index contributed by atoms with van der Waals surface area (Å²) in [5.74, 6) is 1.03. The van der Waals surface area contributed by atoms with Gasteiger partial charge in [-0.25, -0.2) is 4.79 Å². The van der Waals surface area contributed by atoms with Crippen molar-refractivity contribution in [2.24, 2.45) is 5.92 Å². The van der Waals surface area contributed by atoms with E-state index in [-0.39, 0.29) is 18.6 Å². The van der Waals surface area contributed by atoms with E-state index < -0.39 is 0 Å². The lowest BCUT2D eigenvalue weighted by Crippen LogP contribution is -2.43. The number of aliphatic hydroxyl groups is 1. The lowest BCUT2D eigenvalue weighted by molar-refractivity contribution is 0.136. The first-order chi connectivity index (χ1) is 12.2. The van der Waals surface area contributed by atoms with Crippen LogP contribution in [0.25, 0.3) is 0 Å². The van der Waals surface area contributed by atoms with Gasteiger partial charge in [-0.1, -0.05) is 30.3 Å². The van der Waals surface area contributed by atoms with Crippen LogP contribution in [0.5, 0.6) is 5.75 Å². The first-order valence-corrected chi connectivity index (χ1v) is 8.68. The molecule has 1 heterocycles. The Labute approximate surface area is 148 Å². The van der Waals surface area contributed by atoms with Crippen LogP contribution in [0.1, 0.15) is 18.4 Å². The molecule has 0 aliphatic carbocycles. The van der Waals surface area contributed by atoms with Crippen LogP contribution in [0.2, 0.25) is 0 Å². The van der Waals surface area contributed by atoms with Crippen LogP contribution in [0.15, 0.2) is 54.6 Å². The van der Waals surface area contributed by atoms with E-state index >= 15 is 0 Å². The molecular weight excluding hydrogens is 316 g/mol. The molecular formula is C20H24N2O3. The summed E-state index contributed by atoms with van der Waals surface area (Å²) >= 11 is 0. The normalized spacial score (nSPS) is 17.2. The molecule has 2 aromatic carbocycles. The number of likely N-dealkylation sites (tertiary alicyclic amines) is 1. The minimum atomic E-state index is -0.105. The molecule has 3 rings (SSSR count). The molecule has 5 nitrogen and oxygen atoms in total. The topological polar surface area (TPSA) is 61.8 Å². The molecule has 132 valence electrons. The SMILES string of the molecule is O=C(Nc1ccc(COc2ccccc2)cc1)N1CCCC(CO)C1. The number of para-hydroxylation sites is 1. The number of anilines is 1. The van der Waals surface area contributed by atoms with E-state index in [2.05, 4.69) is 5.32 Å². The van der Waals surface area contributed by atoms with E-state index in [0.29, 0.717) is 13.2 Å². The van der Waals surface area contributed by atoms with Crippen LogP contribution in [0, 0.1) is 5.92 Å². The highest BCUT2D eigenvalue weighted by Gasteiger charge is 2.23. The van der Waals surface area contributed by atoms with Gasteiger partial charge in [-0.05, 0) is 48.6 Å². The zero-order valence-electron chi connectivity index (χ0n) is 14.2. The third-order valence-electron chi connectivity index (χ3n) is 4.42.